The Kier molecular flexibility index (Phi) is 3.52. The van der Waals surface area contributed by atoms with Gasteiger partial charge in [0.25, 0.3) is 5.69 Å². The predicted octanol–water partition coefficient (Wildman–Crippen LogP) is 2.04. The van der Waals surface area contributed by atoms with E-state index >= 15 is 0 Å². The van der Waals surface area contributed by atoms with Crippen LogP contribution in [0.25, 0.3) is 0 Å². The molecule has 94 valence electrons. The first-order valence-electron chi connectivity index (χ1n) is 5.31. The van der Waals surface area contributed by atoms with Gasteiger partial charge >= 0.3 is 0 Å². The highest BCUT2D eigenvalue weighted by Crippen LogP contribution is 2.19. The average molecular weight is 250 g/mol. The molecule has 0 aliphatic heterocycles. The molecule has 2 aromatic rings. The Hall–Kier alpha value is -2.44. The van der Waals surface area contributed by atoms with Crippen LogP contribution in [-0.4, -0.2) is 21.2 Å². The van der Waals surface area contributed by atoms with Gasteiger partial charge in [0.2, 0.25) is 0 Å². The summed E-state index contributed by atoms with van der Waals surface area (Å²) in [5.41, 5.74) is 0.116. The van der Waals surface area contributed by atoms with Gasteiger partial charge in [0, 0.05) is 30.7 Å². The summed E-state index contributed by atoms with van der Waals surface area (Å²) in [6.07, 6.45) is 3.46. The van der Waals surface area contributed by atoms with Crippen LogP contribution in [0.5, 0.6) is 0 Å². The second-order valence-corrected chi connectivity index (χ2v) is 3.65. The lowest BCUT2D eigenvalue weighted by Gasteiger charge is -2.06. The minimum atomic E-state index is -0.634. The maximum Gasteiger partial charge on any atom is 0.274 e. The molecule has 0 unspecified atom stereocenters. The van der Waals surface area contributed by atoms with Crippen LogP contribution >= 0.6 is 0 Å². The Morgan fingerprint density at radius 3 is 2.94 bits per heavy atom. The summed E-state index contributed by atoms with van der Waals surface area (Å²) in [6, 6.07) is 5.20. The van der Waals surface area contributed by atoms with Crippen LogP contribution < -0.4 is 5.32 Å². The fraction of sp³-hybridized carbons (Fsp3) is 0.182. The van der Waals surface area contributed by atoms with Gasteiger partial charge in [0.1, 0.15) is 5.82 Å². The highest BCUT2D eigenvalue weighted by molar-refractivity contribution is 5.51. The van der Waals surface area contributed by atoms with E-state index in [-0.39, 0.29) is 5.69 Å². The van der Waals surface area contributed by atoms with Crippen molar-refractivity contribution in [2.24, 2.45) is 0 Å². The van der Waals surface area contributed by atoms with Gasteiger partial charge < -0.3 is 5.32 Å². The smallest absolute Gasteiger partial charge is 0.274 e. The Morgan fingerprint density at radius 1 is 1.44 bits per heavy atom. The van der Waals surface area contributed by atoms with E-state index < -0.39 is 10.7 Å². The minimum Gasteiger partial charge on any atom is -0.383 e. The van der Waals surface area contributed by atoms with Crippen LogP contribution in [0.3, 0.4) is 0 Å². The van der Waals surface area contributed by atoms with Crippen molar-refractivity contribution in [3.63, 3.8) is 0 Å². The van der Waals surface area contributed by atoms with Crippen LogP contribution in [0, 0.1) is 15.9 Å². The summed E-state index contributed by atoms with van der Waals surface area (Å²) < 4.78 is 14.8. The number of aromatic nitrogens is 2. The summed E-state index contributed by atoms with van der Waals surface area (Å²) in [5.74, 6) is -0.634. The normalized spacial score (nSPS) is 10.3. The van der Waals surface area contributed by atoms with Gasteiger partial charge in [0.05, 0.1) is 17.5 Å². The van der Waals surface area contributed by atoms with Crippen LogP contribution in [0.4, 0.5) is 15.8 Å². The highest BCUT2D eigenvalue weighted by Gasteiger charge is 2.09. The number of rotatable bonds is 5. The molecule has 0 amide bonds. The second kappa shape index (κ2) is 5.26. The second-order valence-electron chi connectivity index (χ2n) is 3.65. The molecule has 0 saturated heterocycles. The number of non-ortho nitro benzene ring substituents is 1. The first-order valence-corrected chi connectivity index (χ1v) is 5.31. The minimum absolute atomic E-state index is 0.267. The van der Waals surface area contributed by atoms with Crippen LogP contribution in [0.1, 0.15) is 0 Å². The van der Waals surface area contributed by atoms with Crippen molar-refractivity contribution in [3.05, 3.63) is 52.6 Å². The topological polar surface area (TPSA) is 73.0 Å². The van der Waals surface area contributed by atoms with Gasteiger partial charge in [-0.05, 0) is 12.1 Å². The fourth-order valence-corrected chi connectivity index (χ4v) is 1.53. The van der Waals surface area contributed by atoms with E-state index in [1.54, 1.807) is 23.1 Å². The van der Waals surface area contributed by atoms with Crippen LogP contribution in [0.15, 0.2) is 36.7 Å². The summed E-state index contributed by atoms with van der Waals surface area (Å²) in [4.78, 5) is 9.94. The van der Waals surface area contributed by atoms with E-state index in [9.17, 15) is 14.5 Å². The predicted molar refractivity (Wildman–Crippen MR) is 63.8 cm³/mol. The van der Waals surface area contributed by atoms with E-state index in [0.29, 0.717) is 18.8 Å². The molecule has 7 heteroatoms. The number of nitrogens with one attached hydrogen (secondary N) is 1. The van der Waals surface area contributed by atoms with Gasteiger partial charge in [-0.15, -0.1) is 0 Å². The number of hydrogen-bond donors (Lipinski definition) is 1. The maximum absolute atomic E-state index is 13.1. The number of hydrogen-bond acceptors (Lipinski definition) is 4. The molecule has 0 fully saturated rings. The monoisotopic (exact) mass is 250 g/mol. The third-order valence-electron chi connectivity index (χ3n) is 2.32. The van der Waals surface area contributed by atoms with Crippen molar-refractivity contribution in [2.75, 3.05) is 11.9 Å². The Bertz CT molecular complexity index is 542. The van der Waals surface area contributed by atoms with Crippen molar-refractivity contribution in [1.29, 1.82) is 0 Å². The third kappa shape index (κ3) is 3.03. The Morgan fingerprint density at radius 2 is 2.28 bits per heavy atom. The highest BCUT2D eigenvalue weighted by atomic mass is 19.1. The molecule has 1 aromatic heterocycles. The van der Waals surface area contributed by atoms with Crippen molar-refractivity contribution in [3.8, 4) is 0 Å². The molecule has 0 saturated carbocycles. The number of nitrogens with zero attached hydrogens (tertiary/aromatic N) is 3. The molecule has 18 heavy (non-hydrogen) atoms. The van der Waals surface area contributed by atoms with Gasteiger partial charge in [-0.25, -0.2) is 4.39 Å². The maximum atomic E-state index is 13.1. The number of benzene rings is 1. The molecule has 6 nitrogen and oxygen atoms in total. The molecule has 0 aliphatic carbocycles. The lowest BCUT2D eigenvalue weighted by atomic mass is 10.2. The Balaban J connectivity index is 1.98. The molecule has 2 rings (SSSR count). The summed E-state index contributed by atoms with van der Waals surface area (Å²) in [7, 11) is 0. The molecule has 0 radical (unpaired) electrons. The van der Waals surface area contributed by atoms with E-state index in [2.05, 4.69) is 10.4 Å². The van der Waals surface area contributed by atoms with Crippen molar-refractivity contribution in [1.82, 2.24) is 9.78 Å². The molecule has 0 spiro atoms. The molecule has 0 atom stereocenters. The summed E-state index contributed by atoms with van der Waals surface area (Å²) >= 11 is 0. The zero-order chi connectivity index (χ0) is 13.0. The van der Waals surface area contributed by atoms with Crippen LogP contribution in [-0.2, 0) is 6.54 Å². The third-order valence-corrected chi connectivity index (χ3v) is 2.32. The van der Waals surface area contributed by atoms with E-state index in [1.807, 2.05) is 0 Å². The molecule has 1 heterocycles. The molecular weight excluding hydrogens is 239 g/mol. The van der Waals surface area contributed by atoms with Crippen molar-refractivity contribution >= 4 is 11.4 Å². The quantitative estimate of drug-likeness (QED) is 0.651. The molecule has 1 aromatic carbocycles. The first kappa shape index (κ1) is 12.0. The van der Waals surface area contributed by atoms with E-state index in [4.69, 9.17) is 0 Å². The van der Waals surface area contributed by atoms with Gasteiger partial charge in [-0.3, -0.25) is 14.8 Å². The van der Waals surface area contributed by atoms with Gasteiger partial charge in [-0.1, -0.05) is 0 Å². The molecule has 0 aliphatic rings. The van der Waals surface area contributed by atoms with E-state index in [1.165, 1.54) is 12.1 Å². The lowest BCUT2D eigenvalue weighted by Crippen LogP contribution is -2.11. The fourth-order valence-electron chi connectivity index (χ4n) is 1.53. The number of anilines is 1. The summed E-state index contributed by atoms with van der Waals surface area (Å²) in [6.45, 7) is 1.10. The zero-order valence-electron chi connectivity index (χ0n) is 9.41. The molecule has 0 bridgehead atoms. The van der Waals surface area contributed by atoms with E-state index in [0.717, 1.165) is 6.07 Å². The standard InChI is InChI=1S/C11H11FN4O2/c12-9-6-10(8-11(7-9)16(17)18)13-3-5-15-4-1-2-14-15/h1-2,4,6-8,13H,3,5H2. The number of halogens is 1. The molecular formula is C11H11FN4O2. The van der Waals surface area contributed by atoms with Gasteiger partial charge in [-0.2, -0.15) is 5.10 Å². The van der Waals surface area contributed by atoms with Crippen molar-refractivity contribution < 1.29 is 9.31 Å². The van der Waals surface area contributed by atoms with Gasteiger partial charge in [0.15, 0.2) is 0 Å². The lowest BCUT2D eigenvalue weighted by molar-refractivity contribution is -0.385. The molecule has 1 N–H and O–H groups in total. The summed E-state index contributed by atoms with van der Waals surface area (Å²) in [5, 5.41) is 17.5. The largest absolute Gasteiger partial charge is 0.383 e. The first-order chi connectivity index (χ1) is 8.65. The van der Waals surface area contributed by atoms with Crippen molar-refractivity contribution in [2.45, 2.75) is 6.54 Å². The average Bonchev–Trinajstić information content (AvgIpc) is 2.81. The van der Waals surface area contributed by atoms with Crippen LogP contribution in [0.2, 0.25) is 0 Å². The number of nitro groups is 1. The Labute approximate surface area is 102 Å². The zero-order valence-corrected chi connectivity index (χ0v) is 9.41. The SMILES string of the molecule is O=[N+]([O-])c1cc(F)cc(NCCn2cccn2)c1. The number of nitro benzene ring substituents is 1.